The molecule has 4 rings (SSSR count). The molecule has 0 radical (unpaired) electrons. The van der Waals surface area contributed by atoms with Gasteiger partial charge in [0.15, 0.2) is 6.61 Å². The highest BCUT2D eigenvalue weighted by Gasteiger charge is 2.68. The molecule has 3 aliphatic rings. The fourth-order valence-corrected chi connectivity index (χ4v) is 3.69. The van der Waals surface area contributed by atoms with Gasteiger partial charge in [0.1, 0.15) is 5.75 Å². The molecule has 3 aliphatic carbocycles. The van der Waals surface area contributed by atoms with Gasteiger partial charge >= 0.3 is 6.09 Å². The topological polar surface area (TPSA) is 87.7 Å². The van der Waals surface area contributed by atoms with Gasteiger partial charge in [-0.2, -0.15) is 0 Å². The van der Waals surface area contributed by atoms with Crippen LogP contribution < -0.4 is 15.4 Å². The number of carbonyl (C=O) groups excluding carboxylic acids is 1. The van der Waals surface area contributed by atoms with Gasteiger partial charge in [-0.15, -0.1) is 0 Å². The van der Waals surface area contributed by atoms with E-state index in [9.17, 15) is 9.59 Å². The second kappa shape index (κ2) is 5.35. The van der Waals surface area contributed by atoms with Gasteiger partial charge in [-0.25, -0.2) is 4.79 Å². The van der Waals surface area contributed by atoms with Crippen molar-refractivity contribution >= 4 is 23.6 Å². The molecule has 6 nitrogen and oxygen atoms in total. The van der Waals surface area contributed by atoms with E-state index >= 15 is 0 Å². The number of amides is 2. The Morgan fingerprint density at radius 3 is 2.45 bits per heavy atom. The Balaban J connectivity index is 1.36. The molecule has 0 heterocycles. The molecule has 0 aromatic heterocycles. The van der Waals surface area contributed by atoms with Gasteiger partial charge in [0, 0.05) is 17.1 Å². The maximum Gasteiger partial charge on any atom is 0.405 e. The van der Waals surface area contributed by atoms with Gasteiger partial charge in [0.2, 0.25) is 0 Å². The van der Waals surface area contributed by atoms with E-state index in [1.54, 1.807) is 24.3 Å². The number of carbonyl (C=O) groups is 2. The number of hydrogen-bond donors (Lipinski definition) is 3. The predicted molar refractivity (Wildman–Crippen MR) is 80.1 cm³/mol. The zero-order valence-corrected chi connectivity index (χ0v) is 12.7. The average Bonchev–Trinajstić information content (AvgIpc) is 2.39. The molecule has 2 bridgehead atoms. The minimum Gasteiger partial charge on any atom is -0.484 e. The summed E-state index contributed by atoms with van der Waals surface area (Å²) in [6, 6.07) is 6.81. The highest BCUT2D eigenvalue weighted by atomic mass is 35.5. The minimum absolute atomic E-state index is 0.0454. The molecule has 3 fully saturated rings. The highest BCUT2D eigenvalue weighted by molar-refractivity contribution is 6.30. The monoisotopic (exact) mass is 324 g/mol. The fraction of sp³-hybridized carbons (Fsp3) is 0.467. The Morgan fingerprint density at radius 1 is 1.23 bits per heavy atom. The minimum atomic E-state index is -0.978. The Kier molecular flexibility index (Phi) is 3.64. The van der Waals surface area contributed by atoms with Gasteiger partial charge < -0.3 is 20.5 Å². The Morgan fingerprint density at radius 2 is 1.86 bits per heavy atom. The van der Waals surface area contributed by atoms with Crippen LogP contribution >= 0.6 is 11.6 Å². The predicted octanol–water partition coefficient (Wildman–Crippen LogP) is 2.03. The summed E-state index contributed by atoms with van der Waals surface area (Å²) in [5.41, 5.74) is -0.172. The van der Waals surface area contributed by atoms with Crippen LogP contribution in [0.4, 0.5) is 4.79 Å². The van der Waals surface area contributed by atoms with E-state index in [0.29, 0.717) is 17.3 Å². The molecule has 1 aromatic carbocycles. The average molecular weight is 325 g/mol. The van der Waals surface area contributed by atoms with E-state index in [4.69, 9.17) is 21.4 Å². The lowest BCUT2D eigenvalue weighted by molar-refractivity contribution is -0.151. The lowest BCUT2D eigenvalue weighted by Gasteiger charge is -2.70. The first kappa shape index (κ1) is 15.0. The number of halogens is 1. The summed E-state index contributed by atoms with van der Waals surface area (Å²) >= 11 is 5.77. The van der Waals surface area contributed by atoms with Gasteiger partial charge in [0.05, 0.1) is 0 Å². The molecule has 3 saturated carbocycles. The summed E-state index contributed by atoms with van der Waals surface area (Å²) in [5.74, 6) is 0.412. The number of benzene rings is 1. The molecule has 0 spiro atoms. The van der Waals surface area contributed by atoms with Crippen molar-refractivity contribution in [3.63, 3.8) is 0 Å². The third-order valence-electron chi connectivity index (χ3n) is 4.36. The fourth-order valence-electron chi connectivity index (χ4n) is 3.56. The third-order valence-corrected chi connectivity index (χ3v) is 4.61. The largest absolute Gasteiger partial charge is 0.484 e. The van der Waals surface area contributed by atoms with Crippen molar-refractivity contribution < 1.29 is 19.4 Å². The van der Waals surface area contributed by atoms with Crippen molar-refractivity contribution in [1.82, 2.24) is 10.6 Å². The summed E-state index contributed by atoms with van der Waals surface area (Å²) in [6.45, 7) is 0.523. The summed E-state index contributed by atoms with van der Waals surface area (Å²) < 4.78 is 5.36. The lowest BCUT2D eigenvalue weighted by atomic mass is 9.39. The standard InChI is InChI=1S/C15H17ClN2O4/c16-10-1-3-11(4-2-10)22-5-12(19)17-9-14-6-15(7-14,8-14)18-13(20)21/h1-4,18H,5-9H2,(H,17,19)(H,20,21). The normalized spacial score (nSPS) is 28.0. The highest BCUT2D eigenvalue weighted by Crippen LogP contribution is 2.66. The van der Waals surface area contributed by atoms with Crippen molar-refractivity contribution in [2.45, 2.75) is 24.8 Å². The van der Waals surface area contributed by atoms with Gasteiger partial charge in [-0.1, -0.05) is 11.6 Å². The molecule has 0 saturated heterocycles. The first-order valence-corrected chi connectivity index (χ1v) is 7.44. The summed E-state index contributed by atoms with van der Waals surface area (Å²) in [4.78, 5) is 22.4. The number of rotatable bonds is 6. The summed E-state index contributed by atoms with van der Waals surface area (Å²) in [5, 5.41) is 14.7. The quantitative estimate of drug-likeness (QED) is 0.747. The van der Waals surface area contributed by atoms with Gasteiger partial charge in [-0.3, -0.25) is 4.79 Å². The van der Waals surface area contributed by atoms with Crippen LogP contribution in [0, 0.1) is 5.41 Å². The maximum atomic E-state index is 11.8. The van der Waals surface area contributed by atoms with Crippen LogP contribution in [0.2, 0.25) is 5.02 Å². The van der Waals surface area contributed by atoms with E-state index in [0.717, 1.165) is 19.3 Å². The zero-order valence-electron chi connectivity index (χ0n) is 11.9. The van der Waals surface area contributed by atoms with Crippen LogP contribution in [0.5, 0.6) is 5.75 Å². The first-order valence-electron chi connectivity index (χ1n) is 7.07. The number of nitrogens with one attached hydrogen (secondary N) is 2. The van der Waals surface area contributed by atoms with Crippen LogP contribution in [0.3, 0.4) is 0 Å². The smallest absolute Gasteiger partial charge is 0.405 e. The van der Waals surface area contributed by atoms with Crippen LogP contribution in [0.1, 0.15) is 19.3 Å². The Bertz CT molecular complexity index is 582. The van der Waals surface area contributed by atoms with Crippen molar-refractivity contribution in [2.75, 3.05) is 13.2 Å². The summed E-state index contributed by atoms with van der Waals surface area (Å²) in [6.07, 6.45) is 1.41. The van der Waals surface area contributed by atoms with E-state index in [-0.39, 0.29) is 23.5 Å². The van der Waals surface area contributed by atoms with Crippen molar-refractivity contribution in [2.24, 2.45) is 5.41 Å². The molecule has 0 unspecified atom stereocenters. The molecule has 7 heteroatoms. The van der Waals surface area contributed by atoms with Gasteiger partial charge in [0.25, 0.3) is 5.91 Å². The molecule has 0 atom stereocenters. The number of ether oxygens (including phenoxy) is 1. The molecule has 3 N–H and O–H groups in total. The van der Waals surface area contributed by atoms with Crippen LogP contribution in [-0.2, 0) is 4.79 Å². The van der Waals surface area contributed by atoms with Crippen molar-refractivity contribution in [3.05, 3.63) is 29.3 Å². The SMILES string of the molecule is O=C(O)NC12CC(CNC(=O)COc3ccc(Cl)cc3)(C1)C2. The molecule has 118 valence electrons. The molecule has 22 heavy (non-hydrogen) atoms. The van der Waals surface area contributed by atoms with E-state index in [2.05, 4.69) is 10.6 Å². The Hall–Kier alpha value is -1.95. The zero-order chi connectivity index (χ0) is 15.8. The third kappa shape index (κ3) is 2.97. The molecule has 1 aromatic rings. The van der Waals surface area contributed by atoms with E-state index < -0.39 is 6.09 Å². The number of hydrogen-bond acceptors (Lipinski definition) is 3. The first-order chi connectivity index (χ1) is 10.4. The molecular weight excluding hydrogens is 308 g/mol. The number of carboxylic acid groups (broad SMARTS) is 1. The second-order valence-electron chi connectivity index (χ2n) is 6.26. The maximum absolute atomic E-state index is 11.8. The van der Waals surface area contributed by atoms with Crippen molar-refractivity contribution in [3.8, 4) is 5.75 Å². The molecule has 0 aliphatic heterocycles. The van der Waals surface area contributed by atoms with E-state index in [1.807, 2.05) is 0 Å². The van der Waals surface area contributed by atoms with Crippen molar-refractivity contribution in [1.29, 1.82) is 0 Å². The summed E-state index contributed by atoms with van der Waals surface area (Å²) in [7, 11) is 0. The molecule has 2 amide bonds. The second-order valence-corrected chi connectivity index (χ2v) is 6.70. The Labute approximate surface area is 132 Å². The van der Waals surface area contributed by atoms with Crippen LogP contribution in [-0.4, -0.2) is 35.8 Å². The van der Waals surface area contributed by atoms with Crippen LogP contribution in [0.15, 0.2) is 24.3 Å². The van der Waals surface area contributed by atoms with E-state index in [1.165, 1.54) is 0 Å². The van der Waals surface area contributed by atoms with Gasteiger partial charge in [-0.05, 0) is 48.9 Å². The van der Waals surface area contributed by atoms with Crippen LogP contribution in [0.25, 0.3) is 0 Å². The lowest BCUT2D eigenvalue weighted by Crippen LogP contribution is -2.76. The molecular formula is C15H17ClN2O4.